The highest BCUT2D eigenvalue weighted by Crippen LogP contribution is 2.56. The molecule has 3 rings (SSSR count). The van der Waals surface area contributed by atoms with Gasteiger partial charge in [-0.15, -0.1) is 0 Å². The van der Waals surface area contributed by atoms with Crippen LogP contribution in [0, 0.1) is 11.3 Å². The summed E-state index contributed by atoms with van der Waals surface area (Å²) in [6.45, 7) is 10.5. The van der Waals surface area contributed by atoms with Crippen LogP contribution in [0.2, 0.25) is 0 Å². The lowest BCUT2D eigenvalue weighted by molar-refractivity contribution is -0.157. The SMILES string of the molecule is CC[C@H](CO)C(=O)N1CC2(CC(c3cccc(C(C)(C)C)c3)C2)C1. The Morgan fingerprint density at radius 3 is 2.54 bits per heavy atom. The third-order valence-corrected chi connectivity index (χ3v) is 6.01. The molecular weight excluding hydrogens is 298 g/mol. The van der Waals surface area contributed by atoms with E-state index in [1.165, 1.54) is 24.0 Å². The first kappa shape index (κ1) is 17.5. The number of nitrogens with zero attached hydrogens (tertiary/aromatic N) is 1. The zero-order valence-electron chi connectivity index (χ0n) is 15.5. The molecule has 1 aromatic rings. The number of likely N-dealkylation sites (tertiary alicyclic amines) is 1. The van der Waals surface area contributed by atoms with Crippen molar-refractivity contribution < 1.29 is 9.90 Å². The summed E-state index contributed by atoms with van der Waals surface area (Å²) >= 11 is 0. The summed E-state index contributed by atoms with van der Waals surface area (Å²) in [5.41, 5.74) is 3.40. The van der Waals surface area contributed by atoms with Crippen LogP contribution < -0.4 is 0 Å². The number of amides is 1. The Morgan fingerprint density at radius 1 is 1.33 bits per heavy atom. The Balaban J connectivity index is 1.57. The minimum atomic E-state index is -0.207. The fraction of sp³-hybridized carbons (Fsp3) is 0.667. The molecule has 2 fully saturated rings. The zero-order chi connectivity index (χ0) is 17.5. The maximum Gasteiger partial charge on any atom is 0.228 e. The number of rotatable bonds is 4. The predicted molar refractivity (Wildman–Crippen MR) is 97.0 cm³/mol. The molecule has 1 N–H and O–H groups in total. The molecule has 0 unspecified atom stereocenters. The van der Waals surface area contributed by atoms with Crippen molar-refractivity contribution in [2.24, 2.45) is 11.3 Å². The number of benzene rings is 1. The molecule has 1 saturated heterocycles. The monoisotopic (exact) mass is 329 g/mol. The lowest BCUT2D eigenvalue weighted by Crippen LogP contribution is -2.64. The maximum absolute atomic E-state index is 12.3. The molecule has 1 spiro atoms. The van der Waals surface area contributed by atoms with E-state index in [1.54, 1.807) is 0 Å². The van der Waals surface area contributed by atoms with Crippen molar-refractivity contribution in [2.75, 3.05) is 19.7 Å². The first-order chi connectivity index (χ1) is 11.3. The van der Waals surface area contributed by atoms with Gasteiger partial charge in [-0.05, 0) is 41.7 Å². The van der Waals surface area contributed by atoms with Crippen molar-refractivity contribution >= 4 is 5.91 Å². The van der Waals surface area contributed by atoms with Gasteiger partial charge in [0.1, 0.15) is 0 Å². The van der Waals surface area contributed by atoms with Gasteiger partial charge in [-0.2, -0.15) is 0 Å². The van der Waals surface area contributed by atoms with Crippen LogP contribution in [0.1, 0.15) is 64.0 Å². The van der Waals surface area contributed by atoms with Gasteiger partial charge in [0.25, 0.3) is 0 Å². The predicted octanol–water partition coefficient (Wildman–Crippen LogP) is 3.71. The van der Waals surface area contributed by atoms with E-state index in [-0.39, 0.29) is 23.8 Å². The fourth-order valence-corrected chi connectivity index (χ4v) is 4.30. The van der Waals surface area contributed by atoms with Crippen molar-refractivity contribution in [1.82, 2.24) is 4.90 Å². The third kappa shape index (κ3) is 3.11. The van der Waals surface area contributed by atoms with Crippen LogP contribution in [0.3, 0.4) is 0 Å². The molecule has 1 atom stereocenters. The molecule has 2 aliphatic rings. The molecule has 1 saturated carbocycles. The van der Waals surface area contributed by atoms with Gasteiger partial charge in [-0.3, -0.25) is 4.79 Å². The van der Waals surface area contributed by atoms with Crippen LogP contribution in [0.15, 0.2) is 24.3 Å². The molecule has 1 aromatic carbocycles. The van der Waals surface area contributed by atoms with Gasteiger partial charge in [-0.1, -0.05) is 52.0 Å². The molecule has 0 aromatic heterocycles. The highest BCUT2D eigenvalue weighted by atomic mass is 16.3. The van der Waals surface area contributed by atoms with Crippen LogP contribution in [0.5, 0.6) is 0 Å². The lowest BCUT2D eigenvalue weighted by Gasteiger charge is -2.59. The molecule has 3 nitrogen and oxygen atoms in total. The second-order valence-electron chi connectivity index (χ2n) is 8.96. The number of hydrogen-bond donors (Lipinski definition) is 1. The maximum atomic E-state index is 12.3. The Hall–Kier alpha value is -1.35. The first-order valence-electron chi connectivity index (χ1n) is 9.28. The van der Waals surface area contributed by atoms with Crippen molar-refractivity contribution in [3.05, 3.63) is 35.4 Å². The van der Waals surface area contributed by atoms with Crippen LogP contribution >= 0.6 is 0 Å². The van der Waals surface area contributed by atoms with Crippen molar-refractivity contribution in [3.63, 3.8) is 0 Å². The highest BCUT2D eigenvalue weighted by molar-refractivity contribution is 5.80. The highest BCUT2D eigenvalue weighted by Gasteiger charge is 2.54. The molecule has 1 amide bonds. The fourth-order valence-electron chi connectivity index (χ4n) is 4.30. The van der Waals surface area contributed by atoms with Crippen LogP contribution in [0.4, 0.5) is 0 Å². The molecule has 1 aliphatic carbocycles. The second kappa shape index (κ2) is 6.18. The van der Waals surface area contributed by atoms with Gasteiger partial charge in [0.2, 0.25) is 5.91 Å². The van der Waals surface area contributed by atoms with E-state index in [2.05, 4.69) is 45.0 Å². The van der Waals surface area contributed by atoms with Gasteiger partial charge in [-0.25, -0.2) is 0 Å². The van der Waals surface area contributed by atoms with Gasteiger partial charge < -0.3 is 10.0 Å². The summed E-state index contributed by atoms with van der Waals surface area (Å²) in [6.07, 6.45) is 3.11. The van der Waals surface area contributed by atoms with Crippen molar-refractivity contribution in [1.29, 1.82) is 0 Å². The molecule has 0 radical (unpaired) electrons. The van der Waals surface area contributed by atoms with Gasteiger partial charge in [0, 0.05) is 18.5 Å². The quantitative estimate of drug-likeness (QED) is 0.915. The molecule has 1 aliphatic heterocycles. The minimum absolute atomic E-state index is 0.0267. The number of carbonyl (C=O) groups excluding carboxylic acids is 1. The largest absolute Gasteiger partial charge is 0.396 e. The topological polar surface area (TPSA) is 40.5 Å². The molecule has 0 bridgehead atoms. The standard InChI is InChI=1S/C21H31NO2/c1-5-15(12-23)19(24)22-13-21(14-22)10-17(11-21)16-7-6-8-18(9-16)20(2,3)4/h6-9,15,17,23H,5,10-14H2,1-4H3/t15-/m1/s1. The van der Waals surface area contributed by atoms with E-state index < -0.39 is 0 Å². The minimum Gasteiger partial charge on any atom is -0.396 e. The molecule has 1 heterocycles. The van der Waals surface area contributed by atoms with Gasteiger partial charge >= 0.3 is 0 Å². The first-order valence-corrected chi connectivity index (χ1v) is 9.28. The number of hydrogen-bond acceptors (Lipinski definition) is 2. The van der Waals surface area contributed by atoms with Gasteiger partial charge in [0.15, 0.2) is 0 Å². The molecular formula is C21H31NO2. The summed E-state index contributed by atoms with van der Waals surface area (Å²) in [6, 6.07) is 9.04. The molecule has 132 valence electrons. The third-order valence-electron chi connectivity index (χ3n) is 6.01. The lowest BCUT2D eigenvalue weighted by atomic mass is 9.56. The second-order valence-corrected chi connectivity index (χ2v) is 8.96. The summed E-state index contributed by atoms with van der Waals surface area (Å²) in [5, 5.41) is 9.30. The normalized spacial score (nSPS) is 21.3. The van der Waals surface area contributed by atoms with Crippen LogP contribution in [-0.4, -0.2) is 35.6 Å². The van der Waals surface area contributed by atoms with E-state index in [9.17, 15) is 9.90 Å². The number of aliphatic hydroxyl groups excluding tert-OH is 1. The Morgan fingerprint density at radius 2 is 2.00 bits per heavy atom. The van der Waals surface area contributed by atoms with E-state index >= 15 is 0 Å². The zero-order valence-corrected chi connectivity index (χ0v) is 15.5. The van der Waals surface area contributed by atoms with E-state index in [4.69, 9.17) is 0 Å². The Kier molecular flexibility index (Phi) is 4.50. The van der Waals surface area contributed by atoms with Gasteiger partial charge in [0.05, 0.1) is 12.5 Å². The van der Waals surface area contributed by atoms with E-state index in [1.807, 2.05) is 11.8 Å². The Labute approximate surface area is 146 Å². The molecule has 3 heteroatoms. The number of aliphatic hydroxyl groups is 1. The molecule has 24 heavy (non-hydrogen) atoms. The van der Waals surface area contributed by atoms with Crippen molar-refractivity contribution in [2.45, 2.75) is 58.3 Å². The average molecular weight is 329 g/mol. The average Bonchev–Trinajstić information content (AvgIpc) is 2.45. The van der Waals surface area contributed by atoms with Crippen LogP contribution in [0.25, 0.3) is 0 Å². The number of carbonyl (C=O) groups is 1. The summed E-state index contributed by atoms with van der Waals surface area (Å²) in [5.74, 6) is 0.579. The van der Waals surface area contributed by atoms with E-state index in [0.717, 1.165) is 19.5 Å². The summed E-state index contributed by atoms with van der Waals surface area (Å²) < 4.78 is 0. The van der Waals surface area contributed by atoms with E-state index in [0.29, 0.717) is 11.3 Å². The smallest absolute Gasteiger partial charge is 0.228 e. The Bertz CT molecular complexity index is 599. The summed E-state index contributed by atoms with van der Waals surface area (Å²) in [4.78, 5) is 14.2. The summed E-state index contributed by atoms with van der Waals surface area (Å²) in [7, 11) is 0. The van der Waals surface area contributed by atoms with Crippen LogP contribution in [-0.2, 0) is 10.2 Å². The van der Waals surface area contributed by atoms with Crippen molar-refractivity contribution in [3.8, 4) is 0 Å².